The highest BCUT2D eigenvalue weighted by molar-refractivity contribution is 6.33. The predicted molar refractivity (Wildman–Crippen MR) is 128 cm³/mol. The molecule has 1 N–H and O–H groups in total. The number of hydrogen-bond acceptors (Lipinski definition) is 3. The summed E-state index contributed by atoms with van der Waals surface area (Å²) in [5, 5.41) is 12.2. The Morgan fingerprint density at radius 1 is 1.10 bits per heavy atom. The van der Waals surface area contributed by atoms with Crippen LogP contribution in [0.25, 0.3) is 11.6 Å². The second-order valence-electron chi connectivity index (χ2n) is 7.01. The molecule has 0 bridgehead atoms. The molecule has 0 radical (unpaired) electrons. The van der Waals surface area contributed by atoms with Crippen molar-refractivity contribution in [2.24, 2.45) is 0 Å². The number of anilines is 1. The average molecular weight is 450 g/mol. The second kappa shape index (κ2) is 10.3. The summed E-state index contributed by atoms with van der Waals surface area (Å²) in [6.07, 6.45) is 1.75. The number of halogens is 2. The summed E-state index contributed by atoms with van der Waals surface area (Å²) >= 11 is 12.5. The molecule has 0 aliphatic carbocycles. The number of allylic oxidation sites excluding steroid dienone is 1. The van der Waals surface area contributed by atoms with E-state index in [0.29, 0.717) is 27.9 Å². The molecule has 156 valence electrons. The number of nitriles is 1. The van der Waals surface area contributed by atoms with Crippen molar-refractivity contribution in [2.45, 2.75) is 20.4 Å². The van der Waals surface area contributed by atoms with Crippen molar-refractivity contribution in [3.8, 4) is 6.07 Å². The fourth-order valence-corrected chi connectivity index (χ4v) is 3.60. The van der Waals surface area contributed by atoms with Crippen LogP contribution in [-0.4, -0.2) is 5.91 Å². The molecule has 1 amide bonds. The Morgan fingerprint density at radius 2 is 1.77 bits per heavy atom. The van der Waals surface area contributed by atoms with Crippen LogP contribution in [0.1, 0.15) is 29.2 Å². The molecular weight excluding hydrogens is 429 g/mol. The van der Waals surface area contributed by atoms with Gasteiger partial charge in [-0.1, -0.05) is 65.7 Å². The van der Waals surface area contributed by atoms with Crippen molar-refractivity contribution in [3.05, 3.63) is 99.0 Å². The number of benzene rings is 3. The minimum absolute atomic E-state index is 0.159. The maximum atomic E-state index is 12.3. The molecule has 4 nitrogen and oxygen atoms in total. The van der Waals surface area contributed by atoms with Gasteiger partial charge >= 0.3 is 0 Å². The van der Waals surface area contributed by atoms with Crippen LogP contribution in [0, 0.1) is 18.3 Å². The van der Waals surface area contributed by atoms with Gasteiger partial charge in [-0.15, -0.1) is 0 Å². The lowest BCUT2D eigenvalue weighted by molar-refractivity contribution is -0.117. The molecule has 0 aromatic heterocycles. The van der Waals surface area contributed by atoms with E-state index in [-0.39, 0.29) is 5.91 Å². The molecule has 0 saturated carbocycles. The Balaban J connectivity index is 1.91. The Kier molecular flexibility index (Phi) is 7.49. The first kappa shape index (κ1) is 22.6. The smallest absolute Gasteiger partial charge is 0.238 e. The van der Waals surface area contributed by atoms with E-state index < -0.39 is 0 Å². The van der Waals surface area contributed by atoms with Gasteiger partial charge in [-0.25, -0.2) is 10.4 Å². The van der Waals surface area contributed by atoms with Crippen LogP contribution in [0.15, 0.2) is 66.7 Å². The van der Waals surface area contributed by atoms with Gasteiger partial charge in [0.05, 0.1) is 22.4 Å². The highest BCUT2D eigenvalue weighted by Gasteiger charge is 2.15. The molecule has 31 heavy (non-hydrogen) atoms. The maximum Gasteiger partial charge on any atom is 0.238 e. The number of amides is 1. The van der Waals surface area contributed by atoms with Gasteiger partial charge in [-0.05, 0) is 59.5 Å². The van der Waals surface area contributed by atoms with Crippen molar-refractivity contribution in [1.82, 2.24) is 5.43 Å². The van der Waals surface area contributed by atoms with Gasteiger partial charge in [-0.3, -0.25) is 4.79 Å². The molecule has 3 aromatic carbocycles. The molecule has 0 spiro atoms. The number of hydrogen-bond donors (Lipinski definition) is 1. The summed E-state index contributed by atoms with van der Waals surface area (Å²) in [7, 11) is 0. The van der Waals surface area contributed by atoms with E-state index in [1.165, 1.54) is 11.9 Å². The highest BCUT2D eigenvalue weighted by atomic mass is 35.5. The zero-order chi connectivity index (χ0) is 22.4. The van der Waals surface area contributed by atoms with E-state index in [1.54, 1.807) is 36.4 Å². The third kappa shape index (κ3) is 5.74. The zero-order valence-corrected chi connectivity index (χ0v) is 18.7. The number of hydrazine groups is 1. The normalized spacial score (nSPS) is 11.1. The van der Waals surface area contributed by atoms with Crippen molar-refractivity contribution >= 4 is 46.4 Å². The first-order valence-corrected chi connectivity index (χ1v) is 10.4. The molecule has 0 aliphatic rings. The molecule has 3 rings (SSSR count). The lowest BCUT2D eigenvalue weighted by Gasteiger charge is -2.23. The van der Waals surface area contributed by atoms with Crippen LogP contribution in [0.3, 0.4) is 0 Å². The number of rotatable bonds is 6. The monoisotopic (exact) mass is 449 g/mol. The number of nitrogens with zero attached hydrogens (tertiary/aromatic N) is 2. The van der Waals surface area contributed by atoms with E-state index in [9.17, 15) is 10.1 Å². The lowest BCUT2D eigenvalue weighted by atomic mass is 10.0. The molecule has 3 aromatic rings. The van der Waals surface area contributed by atoms with Crippen molar-refractivity contribution in [1.29, 1.82) is 5.26 Å². The Labute approximate surface area is 192 Å². The third-order valence-corrected chi connectivity index (χ3v) is 5.31. The first-order valence-electron chi connectivity index (χ1n) is 9.65. The standard InChI is InChI=1S/C25H21Cl2N3O/c1-17-12-23(30(18(2)31)29-16-19-6-4-3-5-7-19)14-25(27)24(17)13-21(15-28)20-8-10-22(26)11-9-20/h3-14,29H,16H2,1-2H3/b21-13+. The first-order chi connectivity index (χ1) is 14.9. The summed E-state index contributed by atoms with van der Waals surface area (Å²) < 4.78 is 0. The van der Waals surface area contributed by atoms with Crippen LogP contribution in [0.5, 0.6) is 0 Å². The summed E-state index contributed by atoms with van der Waals surface area (Å²) in [5.41, 5.74) is 7.63. The van der Waals surface area contributed by atoms with E-state index in [4.69, 9.17) is 23.2 Å². The Hall–Kier alpha value is -3.10. The quantitative estimate of drug-likeness (QED) is 0.268. The lowest BCUT2D eigenvalue weighted by Crippen LogP contribution is -2.41. The second-order valence-corrected chi connectivity index (χ2v) is 7.85. The molecule has 0 saturated heterocycles. The van der Waals surface area contributed by atoms with Crippen molar-refractivity contribution in [2.75, 3.05) is 5.01 Å². The molecule has 0 aliphatic heterocycles. The predicted octanol–water partition coefficient (Wildman–Crippen LogP) is 6.42. The van der Waals surface area contributed by atoms with E-state index in [2.05, 4.69) is 11.5 Å². The van der Waals surface area contributed by atoms with Gasteiger partial charge in [0.2, 0.25) is 5.91 Å². The fraction of sp³-hybridized carbons (Fsp3) is 0.120. The number of carbonyl (C=O) groups excluding carboxylic acids is 1. The zero-order valence-electron chi connectivity index (χ0n) is 17.2. The minimum Gasteiger partial charge on any atom is -0.273 e. The molecule has 0 fully saturated rings. The van der Waals surface area contributed by atoms with E-state index in [1.807, 2.05) is 43.3 Å². The van der Waals surface area contributed by atoms with E-state index >= 15 is 0 Å². The average Bonchev–Trinajstić information content (AvgIpc) is 2.75. The SMILES string of the molecule is CC(=O)N(NCc1ccccc1)c1cc(C)c(/C=C(\C#N)c2ccc(Cl)cc2)c(Cl)c1. The molecule has 6 heteroatoms. The summed E-state index contributed by atoms with van der Waals surface area (Å²) in [4.78, 5) is 12.3. The number of nitrogens with one attached hydrogen (secondary N) is 1. The van der Waals surface area contributed by atoms with E-state index in [0.717, 1.165) is 22.3 Å². The van der Waals surface area contributed by atoms with Gasteiger partial charge < -0.3 is 0 Å². The molecular formula is C25H21Cl2N3O. The largest absolute Gasteiger partial charge is 0.273 e. The number of carbonyl (C=O) groups is 1. The summed E-state index contributed by atoms with van der Waals surface area (Å²) in [6, 6.07) is 22.7. The van der Waals surface area contributed by atoms with Crippen molar-refractivity contribution < 1.29 is 4.79 Å². The fourth-order valence-electron chi connectivity index (χ4n) is 3.15. The van der Waals surface area contributed by atoms with Crippen LogP contribution >= 0.6 is 23.2 Å². The van der Waals surface area contributed by atoms with Gasteiger partial charge in [-0.2, -0.15) is 5.26 Å². The van der Waals surface area contributed by atoms with Gasteiger partial charge in [0.25, 0.3) is 0 Å². The third-order valence-electron chi connectivity index (χ3n) is 4.74. The molecule has 0 unspecified atom stereocenters. The minimum atomic E-state index is -0.159. The van der Waals surface area contributed by atoms with Crippen LogP contribution in [0.2, 0.25) is 10.0 Å². The molecule has 0 heterocycles. The van der Waals surface area contributed by atoms with Crippen LogP contribution in [0.4, 0.5) is 5.69 Å². The van der Waals surface area contributed by atoms with Crippen LogP contribution < -0.4 is 10.4 Å². The number of aryl methyl sites for hydroxylation is 1. The van der Waals surface area contributed by atoms with Crippen molar-refractivity contribution in [3.63, 3.8) is 0 Å². The highest BCUT2D eigenvalue weighted by Crippen LogP contribution is 2.30. The summed E-state index contributed by atoms with van der Waals surface area (Å²) in [5.74, 6) is -0.159. The topological polar surface area (TPSA) is 56.1 Å². The molecule has 0 atom stereocenters. The van der Waals surface area contributed by atoms with Gasteiger partial charge in [0, 0.05) is 18.5 Å². The van der Waals surface area contributed by atoms with Gasteiger partial charge in [0.1, 0.15) is 0 Å². The Bertz CT molecular complexity index is 1130. The van der Waals surface area contributed by atoms with Crippen LogP contribution in [-0.2, 0) is 11.3 Å². The summed E-state index contributed by atoms with van der Waals surface area (Å²) in [6.45, 7) is 3.88. The van der Waals surface area contributed by atoms with Gasteiger partial charge in [0.15, 0.2) is 0 Å². The maximum absolute atomic E-state index is 12.3. The Morgan fingerprint density at radius 3 is 2.35 bits per heavy atom.